The summed E-state index contributed by atoms with van der Waals surface area (Å²) in [6.45, 7) is 4.98. The van der Waals surface area contributed by atoms with Gasteiger partial charge in [0, 0.05) is 11.0 Å². The highest BCUT2D eigenvalue weighted by Crippen LogP contribution is 2.30. The van der Waals surface area contributed by atoms with Crippen molar-refractivity contribution in [2.45, 2.75) is 25.9 Å². The average Bonchev–Trinajstić information content (AvgIpc) is 2.86. The third-order valence-electron chi connectivity index (χ3n) is 3.86. The molecule has 0 saturated heterocycles. The Morgan fingerprint density at radius 1 is 1.19 bits per heavy atom. The summed E-state index contributed by atoms with van der Waals surface area (Å²) >= 11 is 3.50. The zero-order chi connectivity index (χ0) is 15.0. The number of hydrogen-bond acceptors (Lipinski definition) is 2. The molecule has 0 amide bonds. The van der Waals surface area contributed by atoms with Crippen LogP contribution in [0.4, 0.5) is 0 Å². The fraction of sp³-hybridized carbons (Fsp3) is 0.235. The molecule has 3 rings (SSSR count). The summed E-state index contributed by atoms with van der Waals surface area (Å²) in [5, 5.41) is 0. The Bertz CT molecular complexity index is 775. The first-order valence-electron chi connectivity index (χ1n) is 7.04. The van der Waals surface area contributed by atoms with Gasteiger partial charge in [0.2, 0.25) is 0 Å². The number of hydrogen-bond donors (Lipinski definition) is 1. The fourth-order valence-corrected chi connectivity index (χ4v) is 3.08. The standard InChI is InChI=1S/C17H18BrN3/c1-3-21-15-10-9-13(18)11-14(15)20-16(21)17(2,19)12-7-5-4-6-8-12/h4-11H,3,19H2,1-2H3. The van der Waals surface area contributed by atoms with E-state index < -0.39 is 5.54 Å². The molecule has 0 radical (unpaired) electrons. The van der Waals surface area contributed by atoms with Crippen LogP contribution >= 0.6 is 15.9 Å². The molecule has 1 aromatic heterocycles. The van der Waals surface area contributed by atoms with Crippen LogP contribution in [0, 0.1) is 0 Å². The van der Waals surface area contributed by atoms with E-state index in [9.17, 15) is 0 Å². The molecule has 108 valence electrons. The van der Waals surface area contributed by atoms with Crippen LogP contribution in [0.2, 0.25) is 0 Å². The van der Waals surface area contributed by atoms with E-state index in [1.165, 1.54) is 0 Å². The smallest absolute Gasteiger partial charge is 0.134 e. The number of nitrogens with zero attached hydrogens (tertiary/aromatic N) is 2. The Hall–Kier alpha value is -1.65. The zero-order valence-corrected chi connectivity index (χ0v) is 13.8. The van der Waals surface area contributed by atoms with E-state index in [0.717, 1.165) is 33.4 Å². The fourth-order valence-electron chi connectivity index (χ4n) is 2.73. The van der Waals surface area contributed by atoms with Crippen LogP contribution in [-0.4, -0.2) is 9.55 Å². The highest BCUT2D eigenvalue weighted by Gasteiger charge is 2.29. The first kappa shape index (κ1) is 14.3. The minimum atomic E-state index is -0.622. The van der Waals surface area contributed by atoms with Gasteiger partial charge in [-0.15, -0.1) is 0 Å². The topological polar surface area (TPSA) is 43.8 Å². The van der Waals surface area contributed by atoms with E-state index >= 15 is 0 Å². The molecule has 0 aliphatic heterocycles. The van der Waals surface area contributed by atoms with Gasteiger partial charge in [-0.25, -0.2) is 4.98 Å². The van der Waals surface area contributed by atoms with Gasteiger partial charge in [0.15, 0.2) is 0 Å². The Morgan fingerprint density at radius 3 is 2.57 bits per heavy atom. The largest absolute Gasteiger partial charge is 0.326 e. The second-order valence-corrected chi connectivity index (χ2v) is 6.30. The molecular formula is C17H18BrN3. The monoisotopic (exact) mass is 343 g/mol. The molecule has 3 aromatic rings. The molecule has 2 N–H and O–H groups in total. The molecule has 0 spiro atoms. The van der Waals surface area contributed by atoms with Crippen LogP contribution in [-0.2, 0) is 12.1 Å². The summed E-state index contributed by atoms with van der Waals surface area (Å²) in [6.07, 6.45) is 0. The molecule has 2 aromatic carbocycles. The number of aromatic nitrogens is 2. The lowest BCUT2D eigenvalue weighted by Gasteiger charge is -2.25. The van der Waals surface area contributed by atoms with Gasteiger partial charge in [-0.3, -0.25) is 0 Å². The second kappa shape index (κ2) is 5.28. The zero-order valence-electron chi connectivity index (χ0n) is 12.2. The molecule has 3 nitrogen and oxygen atoms in total. The number of nitrogens with two attached hydrogens (primary N) is 1. The summed E-state index contributed by atoms with van der Waals surface area (Å²) in [6, 6.07) is 16.3. The molecule has 4 heteroatoms. The van der Waals surface area contributed by atoms with Gasteiger partial charge in [-0.1, -0.05) is 46.3 Å². The van der Waals surface area contributed by atoms with Crippen molar-refractivity contribution < 1.29 is 0 Å². The molecular weight excluding hydrogens is 326 g/mol. The first-order valence-corrected chi connectivity index (χ1v) is 7.84. The number of halogens is 1. The highest BCUT2D eigenvalue weighted by molar-refractivity contribution is 9.10. The summed E-state index contributed by atoms with van der Waals surface area (Å²) in [4.78, 5) is 4.80. The normalized spacial score (nSPS) is 14.3. The van der Waals surface area contributed by atoms with E-state index in [0.29, 0.717) is 0 Å². The first-order chi connectivity index (χ1) is 10.0. The van der Waals surface area contributed by atoms with Gasteiger partial charge in [-0.2, -0.15) is 0 Å². The van der Waals surface area contributed by atoms with Gasteiger partial charge in [0.25, 0.3) is 0 Å². The average molecular weight is 344 g/mol. The van der Waals surface area contributed by atoms with Crippen molar-refractivity contribution in [2.75, 3.05) is 0 Å². The lowest BCUT2D eigenvalue weighted by atomic mass is 9.92. The van der Waals surface area contributed by atoms with Crippen molar-refractivity contribution in [3.05, 3.63) is 64.4 Å². The Balaban J connectivity index is 2.24. The van der Waals surface area contributed by atoms with Gasteiger partial charge in [-0.05, 0) is 37.6 Å². The Kier molecular flexibility index (Phi) is 3.59. The van der Waals surface area contributed by atoms with Crippen molar-refractivity contribution >= 4 is 27.0 Å². The quantitative estimate of drug-likeness (QED) is 0.779. The maximum absolute atomic E-state index is 6.64. The number of rotatable bonds is 3. The van der Waals surface area contributed by atoms with Gasteiger partial charge in [0.05, 0.1) is 16.6 Å². The number of fused-ring (bicyclic) bond motifs is 1. The summed E-state index contributed by atoms with van der Waals surface area (Å²) in [5.74, 6) is 0.893. The molecule has 0 aliphatic carbocycles. The van der Waals surface area contributed by atoms with Crippen LogP contribution in [0.1, 0.15) is 25.2 Å². The lowest BCUT2D eigenvalue weighted by Crippen LogP contribution is -2.37. The third-order valence-corrected chi connectivity index (χ3v) is 4.36. The molecule has 1 heterocycles. The van der Waals surface area contributed by atoms with Crippen LogP contribution in [0.5, 0.6) is 0 Å². The van der Waals surface area contributed by atoms with E-state index in [1.54, 1.807) is 0 Å². The molecule has 0 bridgehead atoms. The maximum atomic E-state index is 6.64. The molecule has 21 heavy (non-hydrogen) atoms. The molecule has 0 saturated carbocycles. The van der Waals surface area contributed by atoms with Crippen LogP contribution in [0.25, 0.3) is 11.0 Å². The summed E-state index contributed by atoms with van der Waals surface area (Å²) < 4.78 is 3.22. The van der Waals surface area contributed by atoms with Crippen molar-refractivity contribution in [3.8, 4) is 0 Å². The molecule has 1 unspecified atom stereocenters. The number of aryl methyl sites for hydroxylation is 1. The Labute approximate surface area is 132 Å². The predicted molar refractivity (Wildman–Crippen MR) is 90.2 cm³/mol. The number of imidazole rings is 1. The third kappa shape index (κ3) is 2.39. The second-order valence-electron chi connectivity index (χ2n) is 5.38. The van der Waals surface area contributed by atoms with Gasteiger partial charge < -0.3 is 10.3 Å². The summed E-state index contributed by atoms with van der Waals surface area (Å²) in [5.41, 5.74) is 9.16. The van der Waals surface area contributed by atoms with Crippen LogP contribution in [0.15, 0.2) is 53.0 Å². The number of benzene rings is 2. The molecule has 0 fully saturated rings. The lowest BCUT2D eigenvalue weighted by molar-refractivity contribution is 0.522. The minimum Gasteiger partial charge on any atom is -0.326 e. The van der Waals surface area contributed by atoms with Crippen molar-refractivity contribution in [2.24, 2.45) is 5.73 Å². The van der Waals surface area contributed by atoms with Crippen molar-refractivity contribution in [1.29, 1.82) is 0 Å². The van der Waals surface area contributed by atoms with E-state index in [2.05, 4.69) is 45.6 Å². The summed E-state index contributed by atoms with van der Waals surface area (Å²) in [7, 11) is 0. The minimum absolute atomic E-state index is 0.622. The van der Waals surface area contributed by atoms with E-state index in [4.69, 9.17) is 10.7 Å². The SMILES string of the molecule is CCn1c(C(C)(N)c2ccccc2)nc2cc(Br)ccc21. The van der Waals surface area contributed by atoms with Crippen LogP contribution < -0.4 is 5.73 Å². The Morgan fingerprint density at radius 2 is 1.90 bits per heavy atom. The van der Waals surface area contributed by atoms with Gasteiger partial charge >= 0.3 is 0 Å². The van der Waals surface area contributed by atoms with E-state index in [-0.39, 0.29) is 0 Å². The van der Waals surface area contributed by atoms with E-state index in [1.807, 2.05) is 37.3 Å². The molecule has 1 atom stereocenters. The van der Waals surface area contributed by atoms with Crippen LogP contribution in [0.3, 0.4) is 0 Å². The predicted octanol–water partition coefficient (Wildman–Crippen LogP) is 4.04. The van der Waals surface area contributed by atoms with Gasteiger partial charge in [0.1, 0.15) is 5.82 Å². The highest BCUT2D eigenvalue weighted by atomic mass is 79.9. The molecule has 0 aliphatic rings. The maximum Gasteiger partial charge on any atom is 0.134 e. The van der Waals surface area contributed by atoms with Crippen molar-refractivity contribution in [3.63, 3.8) is 0 Å². The van der Waals surface area contributed by atoms with Crippen molar-refractivity contribution in [1.82, 2.24) is 9.55 Å².